The summed E-state index contributed by atoms with van der Waals surface area (Å²) in [5.74, 6) is -0.0475. The van der Waals surface area contributed by atoms with E-state index in [4.69, 9.17) is 9.72 Å². The van der Waals surface area contributed by atoms with Gasteiger partial charge in [-0.25, -0.2) is 9.97 Å². The Kier molecular flexibility index (Phi) is 8.48. The van der Waals surface area contributed by atoms with Crippen LogP contribution in [-0.4, -0.2) is 91.9 Å². The first-order chi connectivity index (χ1) is 26.5. The van der Waals surface area contributed by atoms with E-state index in [0.29, 0.717) is 58.8 Å². The molecule has 2 amide bonds. The predicted molar refractivity (Wildman–Crippen MR) is 210 cm³/mol. The minimum absolute atomic E-state index is 0.0104. The summed E-state index contributed by atoms with van der Waals surface area (Å²) >= 11 is 0. The summed E-state index contributed by atoms with van der Waals surface area (Å²) in [5, 5.41) is 17.0. The average molecular weight is 746 g/mol. The molecule has 6 heterocycles. The number of rotatable bonds is 9. The molecule has 0 radical (unpaired) electrons. The zero-order valence-corrected chi connectivity index (χ0v) is 31.6. The molecule has 14 heteroatoms. The van der Waals surface area contributed by atoms with E-state index in [1.165, 1.54) is 21.9 Å². The first-order valence-corrected chi connectivity index (χ1v) is 19.1. The zero-order chi connectivity index (χ0) is 38.2. The molecule has 3 aromatic heterocycles. The van der Waals surface area contributed by atoms with Crippen LogP contribution in [0.2, 0.25) is 0 Å². The molecule has 14 nitrogen and oxygen atoms in total. The number of benzene rings is 1. The zero-order valence-electron chi connectivity index (χ0n) is 31.6. The Balaban J connectivity index is 1.01. The molecule has 3 fully saturated rings. The van der Waals surface area contributed by atoms with Gasteiger partial charge in [0, 0.05) is 74.7 Å². The van der Waals surface area contributed by atoms with Crippen LogP contribution in [0.25, 0.3) is 11.3 Å². The fourth-order valence-corrected chi connectivity index (χ4v) is 9.01. The highest BCUT2D eigenvalue weighted by Gasteiger charge is 2.53. The van der Waals surface area contributed by atoms with Crippen molar-refractivity contribution in [2.24, 2.45) is 12.5 Å². The first-order valence-electron chi connectivity index (χ1n) is 19.1. The number of aliphatic hydroxyl groups is 1. The number of piperazine rings is 1. The highest BCUT2D eigenvalue weighted by Crippen LogP contribution is 2.49. The maximum Gasteiger partial charge on any atom is 0.293 e. The second-order valence-corrected chi connectivity index (χ2v) is 16.4. The molecular weight excluding hydrogens is 699 g/mol. The molecule has 9 rings (SSSR count). The Bertz CT molecular complexity index is 2300. The van der Waals surface area contributed by atoms with Crippen molar-refractivity contribution in [2.45, 2.75) is 64.3 Å². The summed E-state index contributed by atoms with van der Waals surface area (Å²) in [6, 6.07) is 9.93. The van der Waals surface area contributed by atoms with Crippen LogP contribution in [-0.2, 0) is 42.6 Å². The second-order valence-electron chi connectivity index (χ2n) is 16.4. The van der Waals surface area contributed by atoms with Crippen LogP contribution in [0.4, 0.5) is 28.7 Å². The Morgan fingerprint density at radius 3 is 2.64 bits per heavy atom. The van der Waals surface area contributed by atoms with Gasteiger partial charge in [0.1, 0.15) is 11.5 Å². The van der Waals surface area contributed by atoms with E-state index in [-0.39, 0.29) is 40.8 Å². The third-order valence-electron chi connectivity index (χ3n) is 12.1. The number of aliphatic hydroxyl groups excluding tert-OH is 1. The number of hydrogen-bond donors (Lipinski definition) is 3. The van der Waals surface area contributed by atoms with Crippen LogP contribution in [0.1, 0.15) is 54.0 Å². The quantitative estimate of drug-likeness (QED) is 0.216. The van der Waals surface area contributed by atoms with Crippen LogP contribution in [0.5, 0.6) is 0 Å². The molecule has 1 saturated carbocycles. The third-order valence-corrected chi connectivity index (χ3v) is 12.1. The summed E-state index contributed by atoms with van der Waals surface area (Å²) in [5.41, 5.74) is 6.45. The van der Waals surface area contributed by atoms with Gasteiger partial charge in [0.05, 0.1) is 48.5 Å². The minimum Gasteiger partial charge on any atom is -0.392 e. The van der Waals surface area contributed by atoms with Gasteiger partial charge in [-0.05, 0) is 73.1 Å². The molecule has 3 N–H and O–H groups in total. The molecule has 4 aromatic rings. The molecule has 3 aliphatic heterocycles. The van der Waals surface area contributed by atoms with Crippen molar-refractivity contribution in [1.82, 2.24) is 24.0 Å². The summed E-state index contributed by atoms with van der Waals surface area (Å²) in [6.45, 7) is 13.1. The molecule has 286 valence electrons. The summed E-state index contributed by atoms with van der Waals surface area (Å²) < 4.78 is 9.05. The Hall–Kier alpha value is -5.31. The summed E-state index contributed by atoms with van der Waals surface area (Å²) in [6.07, 6.45) is 8.48. The van der Waals surface area contributed by atoms with Gasteiger partial charge in [0.2, 0.25) is 5.91 Å². The van der Waals surface area contributed by atoms with Crippen molar-refractivity contribution >= 4 is 40.5 Å². The number of carbonyl (C=O) groups excluding carboxylic acids is 2. The molecule has 0 unspecified atom stereocenters. The number of fused-ring (bicyclic) bond motifs is 3. The molecule has 55 heavy (non-hydrogen) atoms. The molecule has 0 bridgehead atoms. The van der Waals surface area contributed by atoms with Crippen molar-refractivity contribution in [3.8, 4) is 11.3 Å². The second kappa shape index (κ2) is 13.2. The summed E-state index contributed by atoms with van der Waals surface area (Å²) in [7, 11) is 1.64. The third kappa shape index (κ3) is 6.12. The molecule has 5 aliphatic rings. The van der Waals surface area contributed by atoms with E-state index in [2.05, 4.69) is 50.4 Å². The van der Waals surface area contributed by atoms with Gasteiger partial charge in [-0.15, -0.1) is 0 Å². The minimum atomic E-state index is -0.390. The van der Waals surface area contributed by atoms with Crippen LogP contribution in [0.15, 0.2) is 60.2 Å². The molecule has 0 atom stereocenters. The lowest BCUT2D eigenvalue weighted by Crippen LogP contribution is -2.61. The lowest BCUT2D eigenvalue weighted by atomic mass is 9.90. The van der Waals surface area contributed by atoms with E-state index in [1.807, 2.05) is 24.3 Å². The SMILES string of the molecule is C=CC(=O)Nc1cc(Nc2nc(-c3ccnc(N4CCn5c(cc6c5CC(C)(C)C6)C4=O)c3CO)cn(C)c2=O)ccc1N1CCN(C2COC2)CC12CC2. The molecular formula is C41H47N9O5. The lowest BCUT2D eigenvalue weighted by molar-refractivity contribution is -0.111. The van der Waals surface area contributed by atoms with Crippen molar-refractivity contribution in [3.05, 3.63) is 88.2 Å². The maximum atomic E-state index is 14.0. The predicted octanol–water partition coefficient (Wildman–Crippen LogP) is 3.84. The van der Waals surface area contributed by atoms with Gasteiger partial charge in [-0.3, -0.25) is 24.2 Å². The fourth-order valence-electron chi connectivity index (χ4n) is 9.01. The van der Waals surface area contributed by atoms with Gasteiger partial charge in [0.25, 0.3) is 11.5 Å². The fraction of sp³-hybridized carbons (Fsp3) is 0.439. The number of anilines is 5. The number of nitrogens with zero attached hydrogens (tertiary/aromatic N) is 7. The first kappa shape index (κ1) is 35.4. The van der Waals surface area contributed by atoms with E-state index < -0.39 is 0 Å². The van der Waals surface area contributed by atoms with Crippen molar-refractivity contribution in [3.63, 3.8) is 0 Å². The standard InChI is InChI=1S/C41H47N9O5/c1-5-35(52)44-30-17-26(6-7-32(30)50-15-12-47(27-22-55-23-27)24-41(50)9-10-41)43-36-39(54)46(4)20-31(45-36)28-8-11-42-37(29(28)21-51)49-14-13-48-33(38(49)53)16-25-18-40(2,3)19-34(25)48/h5-8,11,16-17,20,27,51H,1,9-10,12-15,18-19,21-24H2,2-4H3,(H,43,45)(H,44,52). The topological polar surface area (TPSA) is 150 Å². The number of aromatic nitrogens is 4. The molecule has 2 aliphatic carbocycles. The summed E-state index contributed by atoms with van der Waals surface area (Å²) in [4.78, 5) is 56.1. The Labute approximate surface area is 319 Å². The van der Waals surface area contributed by atoms with Crippen LogP contribution in [0.3, 0.4) is 0 Å². The van der Waals surface area contributed by atoms with E-state index >= 15 is 0 Å². The van der Waals surface area contributed by atoms with Crippen LogP contribution < -0.4 is 26.0 Å². The normalized spacial score (nSPS) is 19.9. The highest BCUT2D eigenvalue weighted by molar-refractivity contribution is 6.06. The van der Waals surface area contributed by atoms with Crippen LogP contribution >= 0.6 is 0 Å². The monoisotopic (exact) mass is 745 g/mol. The number of ether oxygens (including phenoxy) is 1. The number of nitrogens with one attached hydrogen (secondary N) is 2. The van der Waals surface area contributed by atoms with Crippen LogP contribution in [0, 0.1) is 5.41 Å². The van der Waals surface area contributed by atoms with Gasteiger partial charge in [-0.2, -0.15) is 0 Å². The van der Waals surface area contributed by atoms with Crippen molar-refractivity contribution < 1.29 is 19.4 Å². The van der Waals surface area contributed by atoms with E-state index in [1.54, 1.807) is 30.4 Å². The van der Waals surface area contributed by atoms with Gasteiger partial charge >= 0.3 is 0 Å². The number of hydrogen-bond acceptors (Lipinski definition) is 10. The molecule has 1 aromatic carbocycles. The number of pyridine rings is 1. The number of aryl methyl sites for hydroxylation is 1. The smallest absolute Gasteiger partial charge is 0.293 e. The lowest BCUT2D eigenvalue weighted by Gasteiger charge is -2.48. The largest absolute Gasteiger partial charge is 0.392 e. The Morgan fingerprint density at radius 1 is 1.09 bits per heavy atom. The van der Waals surface area contributed by atoms with Crippen molar-refractivity contribution in [1.29, 1.82) is 0 Å². The molecule has 2 saturated heterocycles. The Morgan fingerprint density at radius 2 is 1.91 bits per heavy atom. The van der Waals surface area contributed by atoms with Gasteiger partial charge in [0.15, 0.2) is 5.82 Å². The maximum absolute atomic E-state index is 14.0. The number of amides is 2. The number of carbonyl (C=O) groups is 2. The molecule has 1 spiro atoms. The highest BCUT2D eigenvalue weighted by atomic mass is 16.5. The van der Waals surface area contributed by atoms with E-state index in [0.717, 1.165) is 64.2 Å². The van der Waals surface area contributed by atoms with Gasteiger partial charge in [-0.1, -0.05) is 20.4 Å². The van der Waals surface area contributed by atoms with Gasteiger partial charge < -0.3 is 34.5 Å². The van der Waals surface area contributed by atoms with E-state index in [9.17, 15) is 19.5 Å². The van der Waals surface area contributed by atoms with Crippen molar-refractivity contribution in [2.75, 3.05) is 59.8 Å². The average Bonchev–Trinajstić information content (AvgIpc) is 3.71.